The number of hydrogen-bond donors (Lipinski definition) is 1. The first-order valence-corrected chi connectivity index (χ1v) is 11.3. The largest absolute Gasteiger partial charge is 0.324 e. The van der Waals surface area contributed by atoms with Crippen LogP contribution >= 0.6 is 27.5 Å². The van der Waals surface area contributed by atoms with E-state index in [0.717, 1.165) is 15.6 Å². The molecule has 4 rings (SSSR count). The van der Waals surface area contributed by atoms with Gasteiger partial charge in [0.25, 0.3) is 0 Å². The lowest BCUT2D eigenvalue weighted by Gasteiger charge is -2.29. The first kappa shape index (κ1) is 22.2. The Bertz CT molecular complexity index is 1160. The summed E-state index contributed by atoms with van der Waals surface area (Å²) in [6, 6.07) is 24.2. The van der Waals surface area contributed by atoms with Crippen molar-refractivity contribution in [2.24, 2.45) is 5.10 Å². The smallest absolute Gasteiger partial charge is 0.245 e. The van der Waals surface area contributed by atoms with Crippen LogP contribution < -0.4 is 5.32 Å². The van der Waals surface area contributed by atoms with Crippen LogP contribution in [0.25, 0.3) is 0 Å². The van der Waals surface area contributed by atoms with Gasteiger partial charge in [-0.1, -0.05) is 70.0 Å². The van der Waals surface area contributed by atoms with Crippen molar-refractivity contribution in [1.29, 1.82) is 0 Å². The fourth-order valence-electron chi connectivity index (χ4n) is 3.95. The van der Waals surface area contributed by atoms with Crippen LogP contribution in [-0.4, -0.2) is 35.5 Å². The topological polar surface area (TPSA) is 61.8 Å². The maximum Gasteiger partial charge on any atom is 0.245 e. The molecule has 32 heavy (non-hydrogen) atoms. The summed E-state index contributed by atoms with van der Waals surface area (Å²) in [5, 5.41) is 9.90. The average molecular weight is 511 g/mol. The van der Waals surface area contributed by atoms with Crippen molar-refractivity contribution >= 4 is 50.6 Å². The Morgan fingerprint density at radius 1 is 1.03 bits per heavy atom. The van der Waals surface area contributed by atoms with Crippen LogP contribution in [0.2, 0.25) is 5.02 Å². The molecule has 1 aliphatic heterocycles. The molecule has 1 unspecified atom stereocenters. The van der Waals surface area contributed by atoms with Gasteiger partial charge in [-0.3, -0.25) is 14.6 Å². The fourth-order valence-corrected chi connectivity index (χ4v) is 4.34. The number of Topliss-reactive ketones (excluding diaryl/α,β-unsaturated/α-hetero) is 1. The van der Waals surface area contributed by atoms with Crippen LogP contribution in [0, 0.1) is 0 Å². The molecule has 1 aliphatic rings. The number of ketones is 1. The van der Waals surface area contributed by atoms with Crippen molar-refractivity contribution < 1.29 is 9.59 Å². The van der Waals surface area contributed by atoms with Gasteiger partial charge in [-0.2, -0.15) is 5.10 Å². The molecule has 7 heteroatoms. The molecule has 3 aromatic rings. The van der Waals surface area contributed by atoms with Crippen molar-refractivity contribution in [3.63, 3.8) is 0 Å². The third kappa shape index (κ3) is 4.47. The van der Waals surface area contributed by atoms with Gasteiger partial charge in [0.1, 0.15) is 17.7 Å². The van der Waals surface area contributed by atoms with Gasteiger partial charge in [-0.15, -0.1) is 0 Å². The maximum atomic E-state index is 13.1. The predicted molar refractivity (Wildman–Crippen MR) is 131 cm³/mol. The van der Waals surface area contributed by atoms with Gasteiger partial charge in [-0.05, 0) is 54.4 Å². The lowest BCUT2D eigenvalue weighted by Crippen LogP contribution is -2.46. The quantitative estimate of drug-likeness (QED) is 0.490. The number of hydrogen-bond acceptors (Lipinski definition) is 4. The highest BCUT2D eigenvalue weighted by Crippen LogP contribution is 2.36. The minimum Gasteiger partial charge on any atom is -0.324 e. The van der Waals surface area contributed by atoms with Crippen LogP contribution in [0.3, 0.4) is 0 Å². The zero-order valence-corrected chi connectivity index (χ0v) is 19.7. The second kappa shape index (κ2) is 9.27. The number of halogens is 2. The number of carbonyl (C=O) groups is 2. The van der Waals surface area contributed by atoms with E-state index < -0.39 is 5.41 Å². The lowest BCUT2D eigenvalue weighted by atomic mass is 9.71. The molecule has 1 N–H and O–H groups in total. The Balaban J connectivity index is 1.67. The summed E-state index contributed by atoms with van der Waals surface area (Å²) in [7, 11) is 0. The van der Waals surface area contributed by atoms with E-state index in [4.69, 9.17) is 16.7 Å². The SMILES string of the molecule is CC(=O)C1(c2ccccc2)CN(CC(=O)Nc2ccc(Br)cc2)N=C1c1ccc(Cl)cc1. The predicted octanol–water partition coefficient (Wildman–Crippen LogP) is 5.29. The number of benzene rings is 3. The number of nitrogens with one attached hydrogen (secondary N) is 1. The highest BCUT2D eigenvalue weighted by molar-refractivity contribution is 9.10. The van der Waals surface area contributed by atoms with E-state index in [1.54, 1.807) is 24.1 Å². The fraction of sp³-hybridized carbons (Fsp3) is 0.160. The first-order chi connectivity index (χ1) is 15.4. The highest BCUT2D eigenvalue weighted by atomic mass is 79.9. The van der Waals surface area contributed by atoms with Crippen LogP contribution in [0.15, 0.2) is 88.4 Å². The lowest BCUT2D eigenvalue weighted by molar-refractivity contribution is -0.121. The molecular weight excluding hydrogens is 490 g/mol. The molecule has 162 valence electrons. The van der Waals surface area contributed by atoms with Crippen LogP contribution in [0.1, 0.15) is 18.1 Å². The molecule has 0 fully saturated rings. The molecule has 1 amide bonds. The zero-order chi connectivity index (χ0) is 22.7. The van der Waals surface area contributed by atoms with Gasteiger partial charge >= 0.3 is 0 Å². The number of anilines is 1. The molecular formula is C25H21BrClN3O2. The molecule has 0 radical (unpaired) electrons. The second-order valence-corrected chi connectivity index (χ2v) is 9.01. The number of hydrazone groups is 1. The van der Waals surface area contributed by atoms with E-state index >= 15 is 0 Å². The molecule has 0 aliphatic carbocycles. The summed E-state index contributed by atoms with van der Waals surface area (Å²) >= 11 is 9.47. The zero-order valence-electron chi connectivity index (χ0n) is 17.4. The Hall–Kier alpha value is -2.96. The minimum absolute atomic E-state index is 0.0228. The van der Waals surface area contributed by atoms with Crippen LogP contribution in [0.4, 0.5) is 5.69 Å². The van der Waals surface area contributed by atoms with E-state index in [1.165, 1.54) is 0 Å². The summed E-state index contributed by atoms with van der Waals surface area (Å²) in [5.41, 5.74) is 1.97. The summed E-state index contributed by atoms with van der Waals surface area (Å²) in [6.45, 7) is 1.87. The van der Waals surface area contributed by atoms with Gasteiger partial charge < -0.3 is 5.32 Å². The van der Waals surface area contributed by atoms with Crippen LogP contribution in [-0.2, 0) is 15.0 Å². The molecule has 5 nitrogen and oxygen atoms in total. The average Bonchev–Trinajstić information content (AvgIpc) is 3.17. The van der Waals surface area contributed by atoms with Gasteiger partial charge in [0.15, 0.2) is 0 Å². The standard InChI is InChI=1S/C25H21BrClN3O2/c1-17(31)25(19-5-3-2-4-6-19)16-30(29-24(25)18-7-11-21(27)12-8-18)15-23(32)28-22-13-9-20(26)10-14-22/h2-14H,15-16H2,1H3,(H,28,32). The maximum absolute atomic E-state index is 13.1. The van der Waals surface area contributed by atoms with Crippen LogP contribution in [0.5, 0.6) is 0 Å². The molecule has 0 saturated heterocycles. The van der Waals surface area contributed by atoms with E-state index in [0.29, 0.717) is 16.4 Å². The summed E-state index contributed by atoms with van der Waals surface area (Å²) in [6.07, 6.45) is 0. The van der Waals surface area contributed by atoms with E-state index in [-0.39, 0.29) is 24.8 Å². The molecule has 1 atom stereocenters. The Kier molecular flexibility index (Phi) is 6.44. The number of amides is 1. The van der Waals surface area contributed by atoms with E-state index in [9.17, 15) is 9.59 Å². The summed E-state index contributed by atoms with van der Waals surface area (Å²) in [4.78, 5) is 25.9. The van der Waals surface area contributed by atoms with Gasteiger partial charge in [0.2, 0.25) is 5.91 Å². The molecule has 1 heterocycles. The van der Waals surface area contributed by atoms with Crippen molar-refractivity contribution in [3.8, 4) is 0 Å². The highest BCUT2D eigenvalue weighted by Gasteiger charge is 2.49. The monoisotopic (exact) mass is 509 g/mol. The summed E-state index contributed by atoms with van der Waals surface area (Å²) < 4.78 is 0.932. The summed E-state index contributed by atoms with van der Waals surface area (Å²) in [5.74, 6) is -0.243. The molecule has 3 aromatic carbocycles. The molecule has 0 spiro atoms. The second-order valence-electron chi connectivity index (χ2n) is 7.66. The van der Waals surface area contributed by atoms with Crippen molar-refractivity contribution in [3.05, 3.63) is 99.5 Å². The molecule has 0 saturated carbocycles. The Morgan fingerprint density at radius 3 is 2.31 bits per heavy atom. The van der Waals surface area contributed by atoms with Gasteiger partial charge in [-0.25, -0.2) is 0 Å². The van der Waals surface area contributed by atoms with Gasteiger partial charge in [0.05, 0.1) is 12.3 Å². The normalized spacial score (nSPS) is 17.7. The van der Waals surface area contributed by atoms with E-state index in [1.807, 2.05) is 66.7 Å². The third-order valence-corrected chi connectivity index (χ3v) is 6.29. The third-order valence-electron chi connectivity index (χ3n) is 5.50. The van der Waals surface area contributed by atoms with Crippen molar-refractivity contribution in [1.82, 2.24) is 5.01 Å². The first-order valence-electron chi connectivity index (χ1n) is 10.1. The minimum atomic E-state index is -0.979. The van der Waals surface area contributed by atoms with Crippen molar-refractivity contribution in [2.45, 2.75) is 12.3 Å². The Labute approximate surface area is 200 Å². The molecule has 0 aromatic heterocycles. The number of rotatable bonds is 6. The number of carbonyl (C=O) groups excluding carboxylic acids is 2. The van der Waals surface area contributed by atoms with E-state index in [2.05, 4.69) is 21.2 Å². The van der Waals surface area contributed by atoms with Gasteiger partial charge in [0, 0.05) is 15.2 Å². The number of nitrogens with zero attached hydrogens (tertiary/aromatic N) is 2. The molecule has 0 bridgehead atoms. The van der Waals surface area contributed by atoms with Crippen molar-refractivity contribution in [2.75, 3.05) is 18.4 Å². The Morgan fingerprint density at radius 2 is 1.69 bits per heavy atom.